The van der Waals surface area contributed by atoms with Crippen LogP contribution in [0.1, 0.15) is 15.9 Å². The first-order valence-electron chi connectivity index (χ1n) is 4.91. The Balaban J connectivity index is 3.11. The molecule has 5 nitrogen and oxygen atoms in total. The van der Waals surface area contributed by atoms with E-state index in [1.54, 1.807) is 0 Å². The van der Waals surface area contributed by atoms with Crippen molar-refractivity contribution in [3.8, 4) is 0 Å². The molecule has 1 aromatic rings. The predicted molar refractivity (Wildman–Crippen MR) is 57.0 cm³/mol. The molecule has 1 aromatic carbocycles. The molecule has 0 saturated carbocycles. The molecule has 98 valence electrons. The Kier molecular flexibility index (Phi) is 4.33. The van der Waals surface area contributed by atoms with Crippen LogP contribution in [-0.2, 0) is 16.0 Å². The number of hydrogen-bond donors (Lipinski definition) is 2. The highest BCUT2D eigenvalue weighted by atomic mass is 19.2. The van der Waals surface area contributed by atoms with Crippen molar-refractivity contribution in [3.05, 3.63) is 34.9 Å². The monoisotopic (exact) mass is 259 g/mol. The van der Waals surface area contributed by atoms with Crippen LogP contribution in [0.4, 0.5) is 8.78 Å². The summed E-state index contributed by atoms with van der Waals surface area (Å²) in [7, 11) is 1.12. The standard InChI is InChI=1S/C11H11F2NO4/c1-18-11(17)9(14)3-5-2-7(12)8(13)4-6(5)10(15)16/h2,4,9H,3,14H2,1H3,(H,15,16)/t9-/m1/s1. The summed E-state index contributed by atoms with van der Waals surface area (Å²) < 4.78 is 30.3. The van der Waals surface area contributed by atoms with Gasteiger partial charge in [0.05, 0.1) is 12.7 Å². The van der Waals surface area contributed by atoms with E-state index < -0.39 is 35.2 Å². The van der Waals surface area contributed by atoms with Crippen LogP contribution >= 0.6 is 0 Å². The highest BCUT2D eigenvalue weighted by Gasteiger charge is 2.21. The number of carboxylic acids is 1. The fourth-order valence-corrected chi connectivity index (χ4v) is 1.43. The van der Waals surface area contributed by atoms with Crippen molar-refractivity contribution < 1.29 is 28.2 Å². The molecule has 0 saturated heterocycles. The van der Waals surface area contributed by atoms with Crippen LogP contribution in [0.25, 0.3) is 0 Å². The second-order valence-electron chi connectivity index (χ2n) is 3.56. The number of rotatable bonds is 4. The smallest absolute Gasteiger partial charge is 0.336 e. The number of carboxylic acid groups (broad SMARTS) is 1. The molecule has 0 aliphatic carbocycles. The van der Waals surface area contributed by atoms with Crippen LogP contribution in [0.3, 0.4) is 0 Å². The largest absolute Gasteiger partial charge is 0.478 e. The third-order valence-corrected chi connectivity index (χ3v) is 2.32. The van der Waals surface area contributed by atoms with Gasteiger partial charge in [-0.3, -0.25) is 4.79 Å². The molecule has 18 heavy (non-hydrogen) atoms. The zero-order valence-electron chi connectivity index (χ0n) is 9.44. The van der Waals surface area contributed by atoms with Crippen molar-refractivity contribution in [2.45, 2.75) is 12.5 Å². The van der Waals surface area contributed by atoms with Crippen LogP contribution in [0.2, 0.25) is 0 Å². The van der Waals surface area contributed by atoms with Crippen LogP contribution < -0.4 is 5.73 Å². The maximum absolute atomic E-state index is 13.0. The number of ether oxygens (including phenoxy) is 1. The van der Waals surface area contributed by atoms with Gasteiger partial charge in [-0.25, -0.2) is 13.6 Å². The number of carbonyl (C=O) groups is 2. The topological polar surface area (TPSA) is 89.6 Å². The Bertz CT molecular complexity index is 490. The van der Waals surface area contributed by atoms with Gasteiger partial charge in [-0.05, 0) is 24.1 Å². The summed E-state index contributed by atoms with van der Waals surface area (Å²) >= 11 is 0. The molecule has 0 fully saturated rings. The van der Waals surface area contributed by atoms with Crippen molar-refractivity contribution in [1.82, 2.24) is 0 Å². The second-order valence-corrected chi connectivity index (χ2v) is 3.56. The van der Waals surface area contributed by atoms with E-state index in [2.05, 4.69) is 4.74 Å². The Morgan fingerprint density at radius 1 is 1.39 bits per heavy atom. The van der Waals surface area contributed by atoms with Crippen LogP contribution in [0.5, 0.6) is 0 Å². The molecule has 1 rings (SSSR count). The summed E-state index contributed by atoms with van der Waals surface area (Å²) in [5.74, 6) is -4.67. The van der Waals surface area contributed by atoms with Gasteiger partial charge in [-0.1, -0.05) is 0 Å². The fourth-order valence-electron chi connectivity index (χ4n) is 1.43. The molecular formula is C11H11F2NO4. The highest BCUT2D eigenvalue weighted by molar-refractivity contribution is 5.89. The maximum atomic E-state index is 13.0. The highest BCUT2D eigenvalue weighted by Crippen LogP contribution is 2.17. The number of esters is 1. The van der Waals surface area contributed by atoms with Gasteiger partial charge in [0.2, 0.25) is 0 Å². The van der Waals surface area contributed by atoms with Crippen LogP contribution in [-0.4, -0.2) is 30.2 Å². The Morgan fingerprint density at radius 2 is 1.94 bits per heavy atom. The molecule has 0 aromatic heterocycles. The van der Waals surface area contributed by atoms with Crippen molar-refractivity contribution in [2.75, 3.05) is 7.11 Å². The molecule has 0 aliphatic heterocycles. The maximum Gasteiger partial charge on any atom is 0.336 e. The minimum atomic E-state index is -1.43. The molecule has 1 atom stereocenters. The lowest BCUT2D eigenvalue weighted by molar-refractivity contribution is -0.142. The zero-order chi connectivity index (χ0) is 13.9. The van der Waals surface area contributed by atoms with Crippen molar-refractivity contribution in [3.63, 3.8) is 0 Å². The molecule has 0 amide bonds. The molecule has 7 heteroatoms. The van der Waals surface area contributed by atoms with Crippen molar-refractivity contribution >= 4 is 11.9 Å². The lowest BCUT2D eigenvalue weighted by Crippen LogP contribution is -2.34. The first-order chi connectivity index (χ1) is 8.36. The number of carbonyl (C=O) groups excluding carboxylic acids is 1. The van der Waals surface area contributed by atoms with Crippen molar-refractivity contribution in [2.24, 2.45) is 5.73 Å². The average molecular weight is 259 g/mol. The third kappa shape index (κ3) is 3.01. The quantitative estimate of drug-likeness (QED) is 0.777. The first kappa shape index (κ1) is 14.0. The SMILES string of the molecule is COC(=O)[C@H](N)Cc1cc(F)c(F)cc1C(=O)O. The van der Waals surface area contributed by atoms with Gasteiger partial charge in [0.15, 0.2) is 11.6 Å². The summed E-state index contributed by atoms with van der Waals surface area (Å²) in [4.78, 5) is 21.9. The van der Waals surface area contributed by atoms with E-state index in [1.807, 2.05) is 0 Å². The molecular weight excluding hydrogens is 248 g/mol. The number of methoxy groups -OCH3 is 1. The fraction of sp³-hybridized carbons (Fsp3) is 0.273. The minimum absolute atomic E-state index is 0.0701. The van der Waals surface area contributed by atoms with E-state index in [9.17, 15) is 18.4 Å². The number of benzene rings is 1. The van der Waals surface area contributed by atoms with Crippen LogP contribution in [0.15, 0.2) is 12.1 Å². The van der Waals surface area contributed by atoms with Gasteiger partial charge in [0.25, 0.3) is 0 Å². The first-order valence-corrected chi connectivity index (χ1v) is 4.91. The minimum Gasteiger partial charge on any atom is -0.478 e. The van der Waals surface area contributed by atoms with Gasteiger partial charge in [-0.15, -0.1) is 0 Å². The normalized spacial score (nSPS) is 12.0. The Labute approximate surface area is 101 Å². The van der Waals surface area contributed by atoms with Gasteiger partial charge in [-0.2, -0.15) is 0 Å². The molecule has 0 unspecified atom stereocenters. The van der Waals surface area contributed by atoms with E-state index in [1.165, 1.54) is 0 Å². The van der Waals surface area contributed by atoms with E-state index in [0.717, 1.165) is 7.11 Å². The summed E-state index contributed by atoms with van der Waals surface area (Å²) in [6.07, 6.45) is -0.258. The summed E-state index contributed by atoms with van der Waals surface area (Å²) in [6, 6.07) is 0.122. The lowest BCUT2D eigenvalue weighted by atomic mass is 10.00. The Hall–Kier alpha value is -2.02. The van der Waals surface area contributed by atoms with Gasteiger partial charge < -0.3 is 15.6 Å². The number of hydrogen-bond acceptors (Lipinski definition) is 4. The number of aromatic carboxylic acids is 1. The van der Waals surface area contributed by atoms with E-state index >= 15 is 0 Å². The lowest BCUT2D eigenvalue weighted by Gasteiger charge is -2.11. The van der Waals surface area contributed by atoms with E-state index in [0.29, 0.717) is 12.1 Å². The Morgan fingerprint density at radius 3 is 2.44 bits per heavy atom. The zero-order valence-corrected chi connectivity index (χ0v) is 9.44. The van der Waals surface area contributed by atoms with E-state index in [-0.39, 0.29) is 12.0 Å². The van der Waals surface area contributed by atoms with Gasteiger partial charge >= 0.3 is 11.9 Å². The molecule has 0 radical (unpaired) electrons. The third-order valence-electron chi connectivity index (χ3n) is 2.32. The molecule has 3 N–H and O–H groups in total. The molecule has 0 spiro atoms. The molecule has 0 bridgehead atoms. The van der Waals surface area contributed by atoms with Crippen LogP contribution in [0, 0.1) is 11.6 Å². The van der Waals surface area contributed by atoms with Gasteiger partial charge in [0.1, 0.15) is 6.04 Å². The predicted octanol–water partition coefficient (Wildman–Crippen LogP) is 0.706. The van der Waals surface area contributed by atoms with Gasteiger partial charge in [0, 0.05) is 0 Å². The average Bonchev–Trinajstić information content (AvgIpc) is 2.31. The second kappa shape index (κ2) is 5.54. The summed E-state index contributed by atoms with van der Waals surface area (Å²) in [5.41, 5.74) is 4.93. The number of nitrogens with two attached hydrogens (primary N) is 1. The summed E-state index contributed by atoms with van der Waals surface area (Å²) in [6.45, 7) is 0. The molecule has 0 aliphatic rings. The number of halogens is 2. The van der Waals surface area contributed by atoms with Crippen molar-refractivity contribution in [1.29, 1.82) is 0 Å². The van der Waals surface area contributed by atoms with E-state index in [4.69, 9.17) is 10.8 Å². The summed E-state index contributed by atoms with van der Waals surface area (Å²) in [5, 5.41) is 8.84. The molecule has 0 heterocycles.